The highest BCUT2D eigenvalue weighted by atomic mass is 32.2. The first-order valence-corrected chi connectivity index (χ1v) is 9.57. The van der Waals surface area contributed by atoms with E-state index >= 15 is 0 Å². The third-order valence-electron chi connectivity index (χ3n) is 4.07. The smallest absolute Gasteiger partial charge is 0.251 e. The summed E-state index contributed by atoms with van der Waals surface area (Å²) >= 11 is 0. The fraction of sp³-hybridized carbons (Fsp3) is 0.158. The first kappa shape index (κ1) is 18.0. The second-order valence-corrected chi connectivity index (χ2v) is 7.71. The van der Waals surface area contributed by atoms with Gasteiger partial charge in [-0.1, -0.05) is 30.3 Å². The average molecular weight is 370 g/mol. The monoisotopic (exact) mass is 370 g/mol. The van der Waals surface area contributed by atoms with Crippen LogP contribution >= 0.6 is 0 Å². The summed E-state index contributed by atoms with van der Waals surface area (Å²) in [4.78, 5) is 26.3. The van der Waals surface area contributed by atoms with Gasteiger partial charge in [-0.05, 0) is 43.0 Å². The average Bonchev–Trinajstić information content (AvgIpc) is 2.62. The van der Waals surface area contributed by atoms with Gasteiger partial charge in [0.05, 0.1) is 4.90 Å². The zero-order chi connectivity index (χ0) is 18.7. The van der Waals surface area contributed by atoms with E-state index in [4.69, 9.17) is 0 Å². The van der Waals surface area contributed by atoms with Gasteiger partial charge in [0.2, 0.25) is 10.0 Å². The Morgan fingerprint density at radius 3 is 2.62 bits per heavy atom. The molecule has 0 radical (unpaired) electrons. The predicted octanol–water partition coefficient (Wildman–Crippen LogP) is 2.25. The number of benzene rings is 2. The first-order valence-electron chi connectivity index (χ1n) is 8.08. The van der Waals surface area contributed by atoms with Crippen LogP contribution in [0.1, 0.15) is 22.8 Å². The van der Waals surface area contributed by atoms with Crippen molar-refractivity contribution in [3.05, 3.63) is 76.1 Å². The third kappa shape index (κ3) is 3.89. The second kappa shape index (κ2) is 7.23. The van der Waals surface area contributed by atoms with E-state index < -0.39 is 10.0 Å². The van der Waals surface area contributed by atoms with E-state index in [1.54, 1.807) is 12.1 Å². The van der Waals surface area contributed by atoms with Crippen molar-refractivity contribution in [2.75, 3.05) is 6.54 Å². The van der Waals surface area contributed by atoms with Crippen LogP contribution in [0.4, 0.5) is 0 Å². The molecule has 3 aromatic rings. The van der Waals surface area contributed by atoms with Crippen LogP contribution in [-0.2, 0) is 16.4 Å². The van der Waals surface area contributed by atoms with Crippen molar-refractivity contribution in [1.29, 1.82) is 0 Å². The zero-order valence-electron chi connectivity index (χ0n) is 14.2. The molecule has 0 bridgehead atoms. The molecule has 1 heterocycles. The number of pyridine rings is 1. The van der Waals surface area contributed by atoms with E-state index in [-0.39, 0.29) is 29.2 Å². The fourth-order valence-corrected chi connectivity index (χ4v) is 3.74. The lowest BCUT2D eigenvalue weighted by molar-refractivity contribution is 0.101. The molecule has 2 N–H and O–H groups in total. The summed E-state index contributed by atoms with van der Waals surface area (Å²) in [6.45, 7) is 1.46. The third-order valence-corrected chi connectivity index (χ3v) is 5.53. The van der Waals surface area contributed by atoms with Gasteiger partial charge < -0.3 is 4.98 Å². The van der Waals surface area contributed by atoms with Crippen molar-refractivity contribution in [3.8, 4) is 0 Å². The number of rotatable bonds is 6. The summed E-state index contributed by atoms with van der Waals surface area (Å²) in [7, 11) is -3.76. The van der Waals surface area contributed by atoms with Crippen LogP contribution < -0.4 is 10.3 Å². The molecule has 0 saturated heterocycles. The molecule has 6 nitrogen and oxygen atoms in total. The summed E-state index contributed by atoms with van der Waals surface area (Å²) in [5.41, 5.74) is 1.34. The van der Waals surface area contributed by atoms with Crippen molar-refractivity contribution < 1.29 is 13.2 Å². The minimum atomic E-state index is -3.76. The van der Waals surface area contributed by atoms with Crippen LogP contribution in [0.2, 0.25) is 0 Å². The lowest BCUT2D eigenvalue weighted by atomic mass is 10.1. The van der Waals surface area contributed by atoms with E-state index in [1.165, 1.54) is 25.1 Å². The Hall–Kier alpha value is -2.77. The number of ketones is 1. The van der Waals surface area contributed by atoms with E-state index in [2.05, 4.69) is 9.71 Å². The van der Waals surface area contributed by atoms with Gasteiger partial charge in [-0.15, -0.1) is 0 Å². The molecule has 7 heteroatoms. The molecule has 0 saturated carbocycles. The lowest BCUT2D eigenvalue weighted by Crippen LogP contribution is -2.27. The molecular formula is C19H18N2O4S. The maximum atomic E-state index is 12.4. The van der Waals surface area contributed by atoms with Crippen LogP contribution in [-0.4, -0.2) is 25.7 Å². The van der Waals surface area contributed by atoms with E-state index in [1.807, 2.05) is 24.3 Å². The predicted molar refractivity (Wildman–Crippen MR) is 99.9 cm³/mol. The molecule has 0 unspecified atom stereocenters. The van der Waals surface area contributed by atoms with Gasteiger partial charge in [-0.3, -0.25) is 9.59 Å². The van der Waals surface area contributed by atoms with Crippen LogP contribution in [0, 0.1) is 0 Å². The van der Waals surface area contributed by atoms with E-state index in [0.717, 1.165) is 10.9 Å². The summed E-state index contributed by atoms with van der Waals surface area (Å²) in [6.07, 6.45) is 0.256. The van der Waals surface area contributed by atoms with Gasteiger partial charge in [-0.2, -0.15) is 0 Å². The number of nitrogens with one attached hydrogen (secondary N) is 2. The number of sulfonamides is 1. The molecule has 0 aliphatic carbocycles. The molecule has 134 valence electrons. The number of fused-ring (bicyclic) bond motifs is 1. The van der Waals surface area contributed by atoms with E-state index in [9.17, 15) is 18.0 Å². The Morgan fingerprint density at radius 2 is 1.85 bits per heavy atom. The zero-order valence-corrected chi connectivity index (χ0v) is 15.0. The van der Waals surface area contributed by atoms with Crippen LogP contribution in [0.25, 0.3) is 10.9 Å². The number of carbonyl (C=O) groups is 1. The molecule has 0 amide bonds. The Bertz CT molecular complexity index is 1130. The number of hydrogen-bond donors (Lipinski definition) is 2. The molecule has 26 heavy (non-hydrogen) atoms. The topological polar surface area (TPSA) is 96.1 Å². The number of aromatic amines is 1. The highest BCUT2D eigenvalue weighted by Gasteiger charge is 2.15. The van der Waals surface area contributed by atoms with Crippen molar-refractivity contribution in [3.63, 3.8) is 0 Å². The van der Waals surface area contributed by atoms with Crippen molar-refractivity contribution in [2.45, 2.75) is 18.2 Å². The van der Waals surface area contributed by atoms with Gasteiger partial charge in [0.25, 0.3) is 5.56 Å². The number of para-hydroxylation sites is 1. The molecular weight excluding hydrogens is 352 g/mol. The molecule has 0 atom stereocenters. The van der Waals surface area contributed by atoms with Crippen LogP contribution in [0.3, 0.4) is 0 Å². The molecule has 1 aromatic heterocycles. The summed E-state index contributed by atoms with van der Waals surface area (Å²) < 4.78 is 27.2. The normalized spacial score (nSPS) is 11.6. The molecule has 2 aromatic carbocycles. The Kier molecular flexibility index (Phi) is 5.01. The molecule has 0 fully saturated rings. The van der Waals surface area contributed by atoms with Gasteiger partial charge in [0.1, 0.15) is 0 Å². The largest absolute Gasteiger partial charge is 0.322 e. The Labute approximate surface area is 150 Å². The van der Waals surface area contributed by atoms with Crippen LogP contribution in [0.5, 0.6) is 0 Å². The number of hydrogen-bond acceptors (Lipinski definition) is 4. The number of carbonyl (C=O) groups excluding carboxylic acids is 1. The lowest BCUT2D eigenvalue weighted by Gasteiger charge is -2.08. The quantitative estimate of drug-likeness (QED) is 0.651. The van der Waals surface area contributed by atoms with Crippen molar-refractivity contribution >= 4 is 26.7 Å². The van der Waals surface area contributed by atoms with Gasteiger partial charge >= 0.3 is 0 Å². The SMILES string of the molecule is CC(=O)c1cccc(S(=O)(=O)NCCc2cc3ccccc3[nH]c2=O)c1. The molecule has 0 aliphatic heterocycles. The second-order valence-electron chi connectivity index (χ2n) is 5.94. The highest BCUT2D eigenvalue weighted by molar-refractivity contribution is 7.89. The number of Topliss-reactive ketones (excluding diaryl/α,β-unsaturated/α-hetero) is 1. The fourth-order valence-electron chi connectivity index (χ4n) is 2.66. The number of aromatic nitrogens is 1. The van der Waals surface area contributed by atoms with Gasteiger partial charge in [0.15, 0.2) is 5.78 Å². The van der Waals surface area contributed by atoms with Crippen LogP contribution in [0.15, 0.2) is 64.3 Å². The maximum absolute atomic E-state index is 12.4. The Morgan fingerprint density at radius 1 is 1.08 bits per heavy atom. The Balaban J connectivity index is 1.75. The minimum absolute atomic E-state index is 0.0256. The van der Waals surface area contributed by atoms with Crippen molar-refractivity contribution in [1.82, 2.24) is 9.71 Å². The summed E-state index contributed by atoms with van der Waals surface area (Å²) in [5, 5.41) is 0.888. The molecule has 3 rings (SSSR count). The number of H-pyrrole nitrogens is 1. The molecule has 0 spiro atoms. The summed E-state index contributed by atoms with van der Waals surface area (Å²) in [6, 6.07) is 15.0. The van der Waals surface area contributed by atoms with E-state index in [0.29, 0.717) is 11.1 Å². The highest BCUT2D eigenvalue weighted by Crippen LogP contribution is 2.13. The first-order chi connectivity index (χ1) is 12.4. The minimum Gasteiger partial charge on any atom is -0.322 e. The van der Waals surface area contributed by atoms with Gasteiger partial charge in [0, 0.05) is 23.2 Å². The van der Waals surface area contributed by atoms with Gasteiger partial charge in [-0.25, -0.2) is 13.1 Å². The summed E-state index contributed by atoms with van der Waals surface area (Å²) in [5.74, 6) is -0.204. The maximum Gasteiger partial charge on any atom is 0.251 e. The molecule has 0 aliphatic rings. The van der Waals surface area contributed by atoms with Crippen molar-refractivity contribution in [2.24, 2.45) is 0 Å². The standard InChI is InChI=1S/C19H18N2O4S/c1-13(22)14-6-4-7-17(12-14)26(24,25)20-10-9-16-11-15-5-2-3-8-18(15)21-19(16)23/h2-8,11-12,20H,9-10H2,1H3,(H,21,23).